The highest BCUT2D eigenvalue weighted by Crippen LogP contribution is 2.22. The first-order valence-electron chi connectivity index (χ1n) is 7.00. The molecule has 0 radical (unpaired) electrons. The number of rotatable bonds is 5. The summed E-state index contributed by atoms with van der Waals surface area (Å²) in [5, 5.41) is 4.36. The number of hydrogen-bond acceptors (Lipinski definition) is 3. The molecule has 21 heavy (non-hydrogen) atoms. The summed E-state index contributed by atoms with van der Waals surface area (Å²) in [6, 6.07) is 8.08. The van der Waals surface area contributed by atoms with Crippen LogP contribution in [-0.4, -0.2) is 22.4 Å². The highest BCUT2D eigenvalue weighted by molar-refractivity contribution is 9.10. The zero-order valence-electron chi connectivity index (χ0n) is 12.5. The molecule has 0 unspecified atom stereocenters. The fraction of sp³-hybridized carbons (Fsp3) is 0.375. The van der Waals surface area contributed by atoms with Crippen LogP contribution >= 0.6 is 15.9 Å². The van der Waals surface area contributed by atoms with Gasteiger partial charge in [0.05, 0.1) is 25.0 Å². The van der Waals surface area contributed by atoms with Crippen LogP contribution in [0.3, 0.4) is 0 Å². The summed E-state index contributed by atoms with van der Waals surface area (Å²) in [5.74, 6) is -0.106. The minimum absolute atomic E-state index is 0.197. The molecule has 0 atom stereocenters. The van der Waals surface area contributed by atoms with E-state index in [0.29, 0.717) is 18.7 Å². The molecule has 2 rings (SSSR count). The van der Waals surface area contributed by atoms with E-state index in [1.54, 1.807) is 13.1 Å². The van der Waals surface area contributed by atoms with Crippen LogP contribution in [0.4, 0.5) is 0 Å². The van der Waals surface area contributed by atoms with Crippen molar-refractivity contribution in [2.75, 3.05) is 6.61 Å². The molecule has 0 amide bonds. The molecule has 0 fully saturated rings. The summed E-state index contributed by atoms with van der Waals surface area (Å²) < 4.78 is 8.02. The Hall–Kier alpha value is -1.62. The van der Waals surface area contributed by atoms with Gasteiger partial charge in [-0.1, -0.05) is 41.9 Å². The fourth-order valence-electron chi connectivity index (χ4n) is 2.26. The van der Waals surface area contributed by atoms with Crippen molar-refractivity contribution in [3.8, 4) is 0 Å². The second-order valence-electron chi connectivity index (χ2n) is 5.10. The van der Waals surface area contributed by atoms with Crippen LogP contribution in [0.2, 0.25) is 0 Å². The van der Waals surface area contributed by atoms with Crippen molar-refractivity contribution in [1.82, 2.24) is 9.78 Å². The Balaban J connectivity index is 2.31. The third-order valence-corrected chi connectivity index (χ3v) is 3.70. The topological polar surface area (TPSA) is 44.1 Å². The molecule has 0 aliphatic heterocycles. The van der Waals surface area contributed by atoms with Crippen LogP contribution in [0.5, 0.6) is 0 Å². The monoisotopic (exact) mass is 350 g/mol. The molecule has 0 saturated heterocycles. The fourth-order valence-corrected chi connectivity index (χ4v) is 2.52. The van der Waals surface area contributed by atoms with E-state index < -0.39 is 0 Å². The summed E-state index contributed by atoms with van der Waals surface area (Å²) in [6.07, 6.45) is 1.60. The Bertz CT molecular complexity index is 618. The molecule has 112 valence electrons. The molecular formula is C16H19BrN2O2. The summed E-state index contributed by atoms with van der Waals surface area (Å²) in [7, 11) is 0. The molecule has 0 aliphatic carbocycles. The quantitative estimate of drug-likeness (QED) is 0.765. The number of halogens is 1. The van der Waals surface area contributed by atoms with Gasteiger partial charge in [0.1, 0.15) is 5.56 Å². The Morgan fingerprint density at radius 2 is 2.00 bits per heavy atom. The first kappa shape index (κ1) is 15.8. The van der Waals surface area contributed by atoms with Crippen molar-refractivity contribution in [3.05, 3.63) is 51.8 Å². The molecule has 2 aromatic rings. The van der Waals surface area contributed by atoms with Gasteiger partial charge < -0.3 is 4.74 Å². The highest BCUT2D eigenvalue weighted by Gasteiger charge is 2.20. The van der Waals surface area contributed by atoms with Crippen LogP contribution in [0.15, 0.2) is 34.9 Å². The highest BCUT2D eigenvalue weighted by atomic mass is 79.9. The lowest BCUT2D eigenvalue weighted by molar-refractivity contribution is 0.0524. The Kier molecular flexibility index (Phi) is 5.17. The van der Waals surface area contributed by atoms with Crippen LogP contribution in [0, 0.1) is 0 Å². The SMILES string of the molecule is CCOC(=O)c1cnn(Cc2ccc(Br)cc2)c1C(C)C. The molecule has 1 aromatic heterocycles. The van der Waals surface area contributed by atoms with Gasteiger partial charge in [-0.3, -0.25) is 4.68 Å². The van der Waals surface area contributed by atoms with E-state index in [2.05, 4.69) is 34.9 Å². The maximum Gasteiger partial charge on any atom is 0.341 e. The number of hydrogen-bond donors (Lipinski definition) is 0. The van der Waals surface area contributed by atoms with Crippen LogP contribution in [-0.2, 0) is 11.3 Å². The molecule has 0 aliphatic rings. The number of carbonyl (C=O) groups is 1. The first-order chi connectivity index (χ1) is 10.0. The van der Waals surface area contributed by atoms with Crippen molar-refractivity contribution in [3.63, 3.8) is 0 Å². The van der Waals surface area contributed by atoms with Gasteiger partial charge in [0.25, 0.3) is 0 Å². The van der Waals surface area contributed by atoms with Gasteiger partial charge in [-0.2, -0.15) is 5.10 Å². The van der Waals surface area contributed by atoms with E-state index in [9.17, 15) is 4.79 Å². The van der Waals surface area contributed by atoms with Gasteiger partial charge in [-0.15, -0.1) is 0 Å². The second-order valence-corrected chi connectivity index (χ2v) is 6.02. The van der Waals surface area contributed by atoms with E-state index >= 15 is 0 Å². The number of esters is 1. The number of ether oxygens (including phenoxy) is 1. The van der Waals surface area contributed by atoms with Gasteiger partial charge >= 0.3 is 5.97 Å². The van der Waals surface area contributed by atoms with Crippen molar-refractivity contribution >= 4 is 21.9 Å². The lowest BCUT2D eigenvalue weighted by Gasteiger charge is -2.12. The van der Waals surface area contributed by atoms with E-state index in [-0.39, 0.29) is 11.9 Å². The Morgan fingerprint density at radius 1 is 1.33 bits per heavy atom. The summed E-state index contributed by atoms with van der Waals surface area (Å²) in [5.41, 5.74) is 2.61. The maximum absolute atomic E-state index is 12.0. The molecule has 0 spiro atoms. The van der Waals surface area contributed by atoms with Gasteiger partial charge in [0, 0.05) is 4.47 Å². The Labute approximate surface area is 133 Å². The normalized spacial score (nSPS) is 10.9. The van der Waals surface area contributed by atoms with Crippen molar-refractivity contribution in [2.45, 2.75) is 33.2 Å². The predicted molar refractivity (Wildman–Crippen MR) is 85.5 cm³/mol. The van der Waals surface area contributed by atoms with Gasteiger partial charge in [-0.25, -0.2) is 4.79 Å². The van der Waals surface area contributed by atoms with Crippen LogP contribution in [0.1, 0.15) is 48.3 Å². The van der Waals surface area contributed by atoms with Crippen LogP contribution < -0.4 is 0 Å². The van der Waals surface area contributed by atoms with E-state index in [1.165, 1.54) is 0 Å². The minimum Gasteiger partial charge on any atom is -0.462 e. The van der Waals surface area contributed by atoms with Gasteiger partial charge in [-0.05, 0) is 30.5 Å². The first-order valence-corrected chi connectivity index (χ1v) is 7.79. The molecule has 1 aromatic carbocycles. The van der Waals surface area contributed by atoms with E-state index in [4.69, 9.17) is 4.74 Å². The average molecular weight is 351 g/mol. The summed E-state index contributed by atoms with van der Waals surface area (Å²) in [6.45, 7) is 6.92. The van der Waals surface area contributed by atoms with Crippen molar-refractivity contribution < 1.29 is 9.53 Å². The second kappa shape index (κ2) is 6.89. The molecule has 4 nitrogen and oxygen atoms in total. The lowest BCUT2D eigenvalue weighted by atomic mass is 10.1. The smallest absolute Gasteiger partial charge is 0.341 e. The van der Waals surface area contributed by atoms with Crippen molar-refractivity contribution in [2.24, 2.45) is 0 Å². The molecule has 0 N–H and O–H groups in total. The number of carbonyl (C=O) groups excluding carboxylic acids is 1. The van der Waals surface area contributed by atoms with Crippen molar-refractivity contribution in [1.29, 1.82) is 0 Å². The van der Waals surface area contributed by atoms with Crippen LogP contribution in [0.25, 0.3) is 0 Å². The zero-order valence-corrected chi connectivity index (χ0v) is 14.1. The number of nitrogens with zero attached hydrogens (tertiary/aromatic N) is 2. The standard InChI is InChI=1S/C16H19BrN2O2/c1-4-21-16(20)14-9-18-19(15(14)11(2)3)10-12-5-7-13(17)8-6-12/h5-9,11H,4,10H2,1-3H3. The third kappa shape index (κ3) is 3.73. The molecule has 1 heterocycles. The van der Waals surface area contributed by atoms with Gasteiger partial charge in [0.2, 0.25) is 0 Å². The molecule has 0 bridgehead atoms. The lowest BCUT2D eigenvalue weighted by Crippen LogP contribution is -2.12. The number of benzene rings is 1. The number of aromatic nitrogens is 2. The maximum atomic E-state index is 12.0. The molecule has 0 saturated carbocycles. The zero-order chi connectivity index (χ0) is 15.4. The summed E-state index contributed by atoms with van der Waals surface area (Å²) >= 11 is 3.43. The largest absolute Gasteiger partial charge is 0.462 e. The predicted octanol–water partition coefficient (Wildman–Crippen LogP) is 3.99. The third-order valence-electron chi connectivity index (χ3n) is 3.17. The van der Waals surface area contributed by atoms with E-state index in [1.807, 2.05) is 28.9 Å². The van der Waals surface area contributed by atoms with E-state index in [0.717, 1.165) is 15.7 Å². The minimum atomic E-state index is -0.303. The molecular weight excluding hydrogens is 332 g/mol. The Morgan fingerprint density at radius 3 is 2.57 bits per heavy atom. The average Bonchev–Trinajstić information content (AvgIpc) is 2.85. The molecule has 5 heteroatoms. The summed E-state index contributed by atoms with van der Waals surface area (Å²) in [4.78, 5) is 12.0. The van der Waals surface area contributed by atoms with Gasteiger partial charge in [0.15, 0.2) is 0 Å².